The highest BCUT2D eigenvalue weighted by Crippen LogP contribution is 2.34. The van der Waals surface area contributed by atoms with Crippen molar-refractivity contribution in [1.29, 1.82) is 0 Å². The Balaban J connectivity index is 1.70. The average Bonchev–Trinajstić information content (AvgIpc) is 2.93. The molecular weight excluding hydrogens is 340 g/mol. The summed E-state index contributed by atoms with van der Waals surface area (Å²) in [5, 5.41) is 5.37. The fourth-order valence-electron chi connectivity index (χ4n) is 2.25. The number of carbonyl (C=O) groups is 1. The zero-order chi connectivity index (χ0) is 16.9. The van der Waals surface area contributed by atoms with Crippen molar-refractivity contribution in [3.05, 3.63) is 75.6 Å². The molecule has 0 bridgehead atoms. The minimum Gasteiger partial charge on any atom is -0.266 e. The number of benzene rings is 2. The van der Waals surface area contributed by atoms with Crippen LogP contribution in [0.3, 0.4) is 0 Å². The highest BCUT2D eigenvalue weighted by molar-refractivity contribution is 7.21. The molecule has 0 spiro atoms. The summed E-state index contributed by atoms with van der Waals surface area (Å²) in [7, 11) is 0. The van der Waals surface area contributed by atoms with Crippen LogP contribution < -0.4 is 5.43 Å². The number of hydrazone groups is 1. The second kappa shape index (κ2) is 7.43. The van der Waals surface area contributed by atoms with Gasteiger partial charge in [0.1, 0.15) is 4.88 Å². The smallest absolute Gasteiger partial charge is 0.266 e. The number of fused-ring (bicyclic) bond motifs is 1. The molecule has 0 unspecified atom stereocenters. The number of thiophene rings is 1. The second-order valence-electron chi connectivity index (χ2n) is 5.24. The third kappa shape index (κ3) is 3.72. The summed E-state index contributed by atoms with van der Waals surface area (Å²) in [6.45, 7) is 1.93. The molecule has 3 aromatic rings. The number of carbonyl (C=O) groups excluding carboxylic acids is 1. The van der Waals surface area contributed by atoms with Crippen LogP contribution in [-0.4, -0.2) is 12.1 Å². The van der Waals surface area contributed by atoms with Crippen LogP contribution in [0.1, 0.15) is 22.2 Å². The minimum absolute atomic E-state index is 0.301. The van der Waals surface area contributed by atoms with Crippen molar-refractivity contribution in [3.8, 4) is 0 Å². The Bertz CT molecular complexity index is 929. The van der Waals surface area contributed by atoms with E-state index in [0.29, 0.717) is 9.90 Å². The van der Waals surface area contributed by atoms with Crippen LogP contribution in [-0.2, 0) is 0 Å². The SMILES string of the molecule is CC(C=NNC(=O)c1sc2ccccc2c1Cl)=Cc1ccccc1. The van der Waals surface area contributed by atoms with Gasteiger partial charge in [-0.2, -0.15) is 5.10 Å². The molecule has 0 radical (unpaired) electrons. The summed E-state index contributed by atoms with van der Waals surface area (Å²) in [6, 6.07) is 17.6. The Hall–Kier alpha value is -2.43. The molecule has 1 aromatic heterocycles. The molecule has 0 atom stereocenters. The molecular formula is C19H15ClN2OS. The molecule has 24 heavy (non-hydrogen) atoms. The van der Waals surface area contributed by atoms with Crippen molar-refractivity contribution in [3.63, 3.8) is 0 Å². The maximum atomic E-state index is 12.3. The first kappa shape index (κ1) is 16.4. The van der Waals surface area contributed by atoms with E-state index in [4.69, 9.17) is 11.6 Å². The Kier molecular flexibility index (Phi) is 5.08. The summed E-state index contributed by atoms with van der Waals surface area (Å²) >= 11 is 7.65. The second-order valence-corrected chi connectivity index (χ2v) is 6.67. The van der Waals surface area contributed by atoms with Crippen molar-refractivity contribution >= 4 is 51.2 Å². The van der Waals surface area contributed by atoms with Gasteiger partial charge in [-0.05, 0) is 24.1 Å². The number of nitrogens with one attached hydrogen (secondary N) is 1. The molecule has 1 amide bonds. The summed E-state index contributed by atoms with van der Waals surface area (Å²) in [5.74, 6) is -0.301. The first-order chi connectivity index (χ1) is 11.6. The number of rotatable bonds is 4. The van der Waals surface area contributed by atoms with Gasteiger partial charge in [0.15, 0.2) is 0 Å². The number of nitrogens with zero attached hydrogens (tertiary/aromatic N) is 1. The molecule has 2 aromatic carbocycles. The van der Waals surface area contributed by atoms with Gasteiger partial charge in [0.25, 0.3) is 5.91 Å². The highest BCUT2D eigenvalue weighted by Gasteiger charge is 2.16. The molecule has 0 aliphatic heterocycles. The molecule has 0 saturated carbocycles. The van der Waals surface area contributed by atoms with Gasteiger partial charge in [0.2, 0.25) is 0 Å². The molecule has 1 N–H and O–H groups in total. The van der Waals surface area contributed by atoms with E-state index >= 15 is 0 Å². The molecule has 3 rings (SSSR count). The lowest BCUT2D eigenvalue weighted by molar-refractivity contribution is 0.0959. The van der Waals surface area contributed by atoms with Crippen LogP contribution in [0.15, 0.2) is 65.3 Å². The fraction of sp³-hybridized carbons (Fsp3) is 0.0526. The van der Waals surface area contributed by atoms with Crippen molar-refractivity contribution in [2.24, 2.45) is 5.10 Å². The number of amides is 1. The Labute approximate surface area is 149 Å². The maximum Gasteiger partial charge on any atom is 0.283 e. The maximum absolute atomic E-state index is 12.3. The number of hydrogen-bond donors (Lipinski definition) is 1. The van der Waals surface area contributed by atoms with E-state index in [1.165, 1.54) is 11.3 Å². The Morgan fingerprint density at radius 2 is 1.83 bits per heavy atom. The summed E-state index contributed by atoms with van der Waals surface area (Å²) < 4.78 is 0.983. The normalized spacial score (nSPS) is 12.0. The van der Waals surface area contributed by atoms with E-state index in [0.717, 1.165) is 21.2 Å². The average molecular weight is 355 g/mol. The van der Waals surface area contributed by atoms with E-state index in [9.17, 15) is 4.79 Å². The third-order valence-electron chi connectivity index (χ3n) is 3.37. The van der Waals surface area contributed by atoms with Gasteiger partial charge in [-0.3, -0.25) is 4.79 Å². The van der Waals surface area contributed by atoms with Crippen molar-refractivity contribution in [2.75, 3.05) is 0 Å². The van der Waals surface area contributed by atoms with Gasteiger partial charge in [0.05, 0.1) is 11.2 Å². The van der Waals surface area contributed by atoms with Gasteiger partial charge in [-0.15, -0.1) is 11.3 Å². The van der Waals surface area contributed by atoms with Gasteiger partial charge in [-0.25, -0.2) is 5.43 Å². The zero-order valence-corrected chi connectivity index (χ0v) is 14.6. The fourth-order valence-corrected chi connectivity index (χ4v) is 3.66. The van der Waals surface area contributed by atoms with Crippen molar-refractivity contribution < 1.29 is 4.79 Å². The number of halogens is 1. The largest absolute Gasteiger partial charge is 0.283 e. The quantitative estimate of drug-likeness (QED) is 0.496. The van der Waals surface area contributed by atoms with Crippen LogP contribution in [0, 0.1) is 0 Å². The standard InChI is InChI=1S/C19H15ClN2OS/c1-13(11-14-7-3-2-4-8-14)12-21-22-19(23)18-17(20)15-9-5-6-10-16(15)24-18/h2-12H,1H3,(H,22,23). The van der Waals surface area contributed by atoms with Crippen LogP contribution in [0.25, 0.3) is 16.2 Å². The Morgan fingerprint density at radius 3 is 2.58 bits per heavy atom. The lowest BCUT2D eigenvalue weighted by atomic mass is 10.1. The van der Waals surface area contributed by atoms with Crippen molar-refractivity contribution in [2.45, 2.75) is 6.92 Å². The summed E-state index contributed by atoms with van der Waals surface area (Å²) in [4.78, 5) is 12.7. The molecule has 1 heterocycles. The van der Waals surface area contributed by atoms with Gasteiger partial charge in [0, 0.05) is 10.1 Å². The summed E-state index contributed by atoms with van der Waals surface area (Å²) in [6.07, 6.45) is 3.61. The molecule has 0 aliphatic carbocycles. The van der Waals surface area contributed by atoms with E-state index in [2.05, 4.69) is 10.5 Å². The van der Waals surface area contributed by atoms with Gasteiger partial charge < -0.3 is 0 Å². The topological polar surface area (TPSA) is 41.5 Å². The van der Waals surface area contributed by atoms with Gasteiger partial charge in [-0.1, -0.05) is 66.2 Å². The van der Waals surface area contributed by atoms with Crippen LogP contribution >= 0.6 is 22.9 Å². The molecule has 120 valence electrons. The monoisotopic (exact) mass is 354 g/mol. The zero-order valence-electron chi connectivity index (χ0n) is 13.0. The molecule has 0 saturated heterocycles. The summed E-state index contributed by atoms with van der Waals surface area (Å²) in [5.41, 5.74) is 4.55. The first-order valence-electron chi connectivity index (χ1n) is 7.39. The van der Waals surface area contributed by atoms with E-state index in [1.54, 1.807) is 6.21 Å². The highest BCUT2D eigenvalue weighted by atomic mass is 35.5. The van der Waals surface area contributed by atoms with Crippen LogP contribution in [0.4, 0.5) is 0 Å². The predicted molar refractivity (Wildman–Crippen MR) is 103 cm³/mol. The third-order valence-corrected chi connectivity index (χ3v) is 5.04. The van der Waals surface area contributed by atoms with Crippen LogP contribution in [0.5, 0.6) is 0 Å². The number of allylic oxidation sites excluding steroid dienone is 1. The lowest BCUT2D eigenvalue weighted by Gasteiger charge is -1.98. The molecule has 5 heteroatoms. The van der Waals surface area contributed by atoms with E-state index in [1.807, 2.05) is 67.6 Å². The predicted octanol–water partition coefficient (Wildman–Crippen LogP) is 5.37. The van der Waals surface area contributed by atoms with Gasteiger partial charge >= 0.3 is 0 Å². The van der Waals surface area contributed by atoms with E-state index < -0.39 is 0 Å². The van der Waals surface area contributed by atoms with E-state index in [-0.39, 0.29) is 5.91 Å². The molecule has 0 aliphatic rings. The van der Waals surface area contributed by atoms with Crippen molar-refractivity contribution in [1.82, 2.24) is 5.43 Å². The first-order valence-corrected chi connectivity index (χ1v) is 8.58. The Morgan fingerprint density at radius 1 is 1.12 bits per heavy atom. The number of hydrogen-bond acceptors (Lipinski definition) is 3. The molecule has 3 nitrogen and oxygen atoms in total. The van der Waals surface area contributed by atoms with Crippen LogP contribution in [0.2, 0.25) is 5.02 Å². The minimum atomic E-state index is -0.301. The lowest BCUT2D eigenvalue weighted by Crippen LogP contribution is -2.16. The molecule has 0 fully saturated rings.